The molecule has 0 heterocycles. The lowest BCUT2D eigenvalue weighted by molar-refractivity contribution is 0.0766. The highest BCUT2D eigenvalue weighted by Crippen LogP contribution is 2.07. The molecule has 0 bridgehead atoms. The van der Waals surface area contributed by atoms with Crippen molar-refractivity contribution in [1.29, 1.82) is 0 Å². The first-order valence-corrected chi connectivity index (χ1v) is 5.28. The Morgan fingerprint density at radius 3 is 2.08 bits per heavy atom. The van der Waals surface area contributed by atoms with Crippen LogP contribution in [0, 0.1) is 11.8 Å². The smallest absolute Gasteiger partial charge is 0.0491 e. The van der Waals surface area contributed by atoms with E-state index in [1.807, 2.05) is 0 Å². The lowest BCUT2D eigenvalue weighted by Crippen LogP contribution is -2.10. The summed E-state index contributed by atoms with van der Waals surface area (Å²) in [7, 11) is 0. The molecule has 0 N–H and O–H groups in total. The third kappa shape index (κ3) is 6.66. The molecule has 0 saturated carbocycles. The van der Waals surface area contributed by atoms with Gasteiger partial charge in [0.05, 0.1) is 0 Å². The van der Waals surface area contributed by atoms with Gasteiger partial charge in [-0.15, -0.1) is 0 Å². The molecule has 0 aliphatic rings. The van der Waals surface area contributed by atoms with Gasteiger partial charge in [0.2, 0.25) is 0 Å². The van der Waals surface area contributed by atoms with Gasteiger partial charge in [-0.05, 0) is 18.3 Å². The topological polar surface area (TPSA) is 9.23 Å². The number of rotatable bonds is 7. The predicted molar refractivity (Wildman–Crippen MR) is 54.3 cm³/mol. The Labute approximate surface area is 77.5 Å². The molecule has 0 saturated heterocycles. The van der Waals surface area contributed by atoms with Gasteiger partial charge in [-0.3, -0.25) is 0 Å². The predicted octanol–water partition coefficient (Wildman–Crippen LogP) is 3.49. The largest absolute Gasteiger partial charge is 0.381 e. The molecule has 0 rings (SSSR count). The Balaban J connectivity index is 3.18. The van der Waals surface area contributed by atoms with Gasteiger partial charge in [-0.25, -0.2) is 0 Å². The lowest BCUT2D eigenvalue weighted by atomic mass is 10.1. The van der Waals surface area contributed by atoms with E-state index in [4.69, 9.17) is 4.74 Å². The Bertz CT molecular complexity index is 91.0. The number of hydrogen-bond acceptors (Lipinski definition) is 1. The van der Waals surface area contributed by atoms with Gasteiger partial charge < -0.3 is 4.74 Å². The molecule has 0 radical (unpaired) electrons. The van der Waals surface area contributed by atoms with E-state index in [0.717, 1.165) is 25.0 Å². The monoisotopic (exact) mass is 172 g/mol. The molecule has 0 spiro atoms. The van der Waals surface area contributed by atoms with E-state index in [9.17, 15) is 0 Å². The lowest BCUT2D eigenvalue weighted by Gasteiger charge is -2.13. The molecule has 2 atom stereocenters. The third-order valence-corrected chi connectivity index (χ3v) is 2.28. The van der Waals surface area contributed by atoms with Crippen LogP contribution in [0.5, 0.6) is 0 Å². The van der Waals surface area contributed by atoms with Gasteiger partial charge in [0, 0.05) is 13.2 Å². The van der Waals surface area contributed by atoms with E-state index in [1.54, 1.807) is 0 Å². The van der Waals surface area contributed by atoms with Crippen LogP contribution in [0.4, 0.5) is 0 Å². The first-order chi connectivity index (χ1) is 5.70. The average molecular weight is 172 g/mol. The van der Waals surface area contributed by atoms with Crippen LogP contribution in [0.2, 0.25) is 0 Å². The molecule has 12 heavy (non-hydrogen) atoms. The van der Waals surface area contributed by atoms with Crippen molar-refractivity contribution in [1.82, 2.24) is 0 Å². The fourth-order valence-electron chi connectivity index (χ4n) is 1.16. The SMILES string of the molecule is CCCC(C)COCC(C)CC. The van der Waals surface area contributed by atoms with E-state index in [0.29, 0.717) is 0 Å². The van der Waals surface area contributed by atoms with Crippen molar-refractivity contribution in [2.75, 3.05) is 13.2 Å². The van der Waals surface area contributed by atoms with E-state index in [2.05, 4.69) is 27.7 Å². The Morgan fingerprint density at radius 2 is 1.58 bits per heavy atom. The van der Waals surface area contributed by atoms with Crippen LogP contribution in [-0.4, -0.2) is 13.2 Å². The molecule has 0 amide bonds. The molecule has 0 aromatic carbocycles. The molecule has 0 aliphatic heterocycles. The summed E-state index contributed by atoms with van der Waals surface area (Å²) in [6.07, 6.45) is 3.79. The summed E-state index contributed by atoms with van der Waals surface area (Å²) < 4.78 is 5.60. The van der Waals surface area contributed by atoms with Crippen LogP contribution in [-0.2, 0) is 4.74 Å². The molecular weight excluding hydrogens is 148 g/mol. The van der Waals surface area contributed by atoms with Crippen molar-refractivity contribution < 1.29 is 4.74 Å². The Hall–Kier alpha value is -0.0400. The van der Waals surface area contributed by atoms with Gasteiger partial charge in [-0.2, -0.15) is 0 Å². The summed E-state index contributed by atoms with van der Waals surface area (Å²) in [4.78, 5) is 0. The van der Waals surface area contributed by atoms with Gasteiger partial charge in [0.15, 0.2) is 0 Å². The summed E-state index contributed by atoms with van der Waals surface area (Å²) in [5, 5.41) is 0. The minimum absolute atomic E-state index is 0.721. The minimum atomic E-state index is 0.721. The summed E-state index contributed by atoms with van der Waals surface area (Å²) in [6.45, 7) is 10.8. The maximum atomic E-state index is 5.60. The number of ether oxygens (including phenoxy) is 1. The van der Waals surface area contributed by atoms with Gasteiger partial charge in [0.1, 0.15) is 0 Å². The second-order valence-electron chi connectivity index (χ2n) is 3.94. The average Bonchev–Trinajstić information content (AvgIpc) is 2.04. The Morgan fingerprint density at radius 1 is 1.00 bits per heavy atom. The first-order valence-electron chi connectivity index (χ1n) is 5.28. The van der Waals surface area contributed by atoms with E-state index in [1.165, 1.54) is 19.3 Å². The Kier molecular flexibility index (Phi) is 7.58. The van der Waals surface area contributed by atoms with Crippen LogP contribution in [0.3, 0.4) is 0 Å². The molecule has 0 aromatic rings. The molecule has 0 aliphatic carbocycles. The van der Waals surface area contributed by atoms with Crippen LogP contribution >= 0.6 is 0 Å². The quantitative estimate of drug-likeness (QED) is 0.571. The highest BCUT2D eigenvalue weighted by Gasteiger charge is 2.02. The second-order valence-corrected chi connectivity index (χ2v) is 3.94. The third-order valence-electron chi connectivity index (χ3n) is 2.28. The summed E-state index contributed by atoms with van der Waals surface area (Å²) in [6, 6.07) is 0. The molecule has 74 valence electrons. The zero-order chi connectivity index (χ0) is 9.40. The van der Waals surface area contributed by atoms with Crippen molar-refractivity contribution >= 4 is 0 Å². The summed E-state index contributed by atoms with van der Waals surface area (Å²) in [5.41, 5.74) is 0. The van der Waals surface area contributed by atoms with Crippen LogP contribution < -0.4 is 0 Å². The highest BCUT2D eigenvalue weighted by molar-refractivity contribution is 4.51. The fourth-order valence-corrected chi connectivity index (χ4v) is 1.16. The molecule has 0 fully saturated rings. The summed E-state index contributed by atoms with van der Waals surface area (Å²) in [5.74, 6) is 1.46. The van der Waals surface area contributed by atoms with Crippen molar-refractivity contribution in [3.05, 3.63) is 0 Å². The number of hydrogen-bond donors (Lipinski definition) is 0. The van der Waals surface area contributed by atoms with Crippen molar-refractivity contribution in [2.45, 2.75) is 47.0 Å². The van der Waals surface area contributed by atoms with Gasteiger partial charge in [-0.1, -0.05) is 40.5 Å². The standard InChI is InChI=1S/C11H24O/c1-5-7-11(4)9-12-8-10(3)6-2/h10-11H,5-9H2,1-4H3. The molecule has 1 heteroatoms. The van der Waals surface area contributed by atoms with Crippen LogP contribution in [0.25, 0.3) is 0 Å². The molecular formula is C11H24O. The van der Waals surface area contributed by atoms with Crippen LogP contribution in [0.15, 0.2) is 0 Å². The van der Waals surface area contributed by atoms with Gasteiger partial charge >= 0.3 is 0 Å². The maximum Gasteiger partial charge on any atom is 0.0491 e. The van der Waals surface area contributed by atoms with E-state index in [-0.39, 0.29) is 0 Å². The first kappa shape index (κ1) is 12.0. The molecule has 0 aromatic heterocycles. The second kappa shape index (κ2) is 7.60. The van der Waals surface area contributed by atoms with E-state index < -0.39 is 0 Å². The summed E-state index contributed by atoms with van der Waals surface area (Å²) >= 11 is 0. The van der Waals surface area contributed by atoms with Crippen molar-refractivity contribution in [2.24, 2.45) is 11.8 Å². The minimum Gasteiger partial charge on any atom is -0.381 e. The fraction of sp³-hybridized carbons (Fsp3) is 1.00. The van der Waals surface area contributed by atoms with Gasteiger partial charge in [0.25, 0.3) is 0 Å². The van der Waals surface area contributed by atoms with Crippen molar-refractivity contribution in [3.63, 3.8) is 0 Å². The molecule has 2 unspecified atom stereocenters. The highest BCUT2D eigenvalue weighted by atomic mass is 16.5. The van der Waals surface area contributed by atoms with E-state index >= 15 is 0 Å². The zero-order valence-corrected chi connectivity index (χ0v) is 9.10. The normalized spacial score (nSPS) is 16.0. The molecule has 1 nitrogen and oxygen atoms in total. The maximum absolute atomic E-state index is 5.60. The van der Waals surface area contributed by atoms with Crippen LogP contribution in [0.1, 0.15) is 47.0 Å². The zero-order valence-electron chi connectivity index (χ0n) is 9.10. The van der Waals surface area contributed by atoms with Crippen molar-refractivity contribution in [3.8, 4) is 0 Å².